The van der Waals surface area contributed by atoms with Crippen molar-refractivity contribution in [2.75, 3.05) is 7.11 Å². The molecule has 24 heavy (non-hydrogen) atoms. The first-order chi connectivity index (χ1) is 11.7. The second-order valence-corrected chi connectivity index (χ2v) is 5.38. The molecule has 0 aliphatic heterocycles. The Morgan fingerprint density at radius 2 is 2.04 bits per heavy atom. The molecule has 0 fully saturated rings. The Hall–Kier alpha value is -2.95. The summed E-state index contributed by atoms with van der Waals surface area (Å²) in [5, 5.41) is 0. The summed E-state index contributed by atoms with van der Waals surface area (Å²) >= 11 is 0. The average molecular weight is 325 g/mol. The first-order valence-electron chi connectivity index (χ1n) is 7.48. The molecule has 2 aromatic carbocycles. The van der Waals surface area contributed by atoms with Gasteiger partial charge in [0.25, 0.3) is 0 Å². The maximum absolute atomic E-state index is 14.2. The molecular formula is C19H16FNO3. The highest BCUT2D eigenvalue weighted by molar-refractivity contribution is 5.83. The van der Waals surface area contributed by atoms with Crippen molar-refractivity contribution in [3.63, 3.8) is 0 Å². The van der Waals surface area contributed by atoms with Crippen LogP contribution in [0.2, 0.25) is 0 Å². The number of oxazole rings is 1. The third-order valence-corrected chi connectivity index (χ3v) is 3.71. The normalized spacial score (nSPS) is 10.6. The van der Waals surface area contributed by atoms with Crippen molar-refractivity contribution < 1.29 is 18.3 Å². The van der Waals surface area contributed by atoms with Crippen LogP contribution in [0.4, 0.5) is 4.39 Å². The van der Waals surface area contributed by atoms with Crippen LogP contribution in [0.1, 0.15) is 11.1 Å². The average Bonchev–Trinajstić information content (AvgIpc) is 3.09. The van der Waals surface area contributed by atoms with Gasteiger partial charge < -0.3 is 9.15 Å². The van der Waals surface area contributed by atoms with Gasteiger partial charge in [-0.05, 0) is 23.8 Å². The maximum Gasteiger partial charge on any atom is 0.181 e. The molecule has 0 unspecified atom stereocenters. The third-order valence-electron chi connectivity index (χ3n) is 3.71. The quantitative estimate of drug-likeness (QED) is 0.691. The number of ether oxygens (including phenoxy) is 1. The number of carbonyl (C=O) groups is 1. The summed E-state index contributed by atoms with van der Waals surface area (Å²) in [7, 11) is 1.57. The van der Waals surface area contributed by atoms with Gasteiger partial charge in [-0.15, -0.1) is 0 Å². The molecule has 0 saturated heterocycles. The zero-order valence-corrected chi connectivity index (χ0v) is 13.2. The van der Waals surface area contributed by atoms with Crippen LogP contribution in [0, 0.1) is 5.82 Å². The second kappa shape index (κ2) is 7.08. The van der Waals surface area contributed by atoms with E-state index in [1.54, 1.807) is 19.2 Å². The molecule has 0 N–H and O–H groups in total. The highest BCUT2D eigenvalue weighted by Gasteiger charge is 2.13. The smallest absolute Gasteiger partial charge is 0.181 e. The van der Waals surface area contributed by atoms with Crippen LogP contribution in [-0.2, 0) is 17.6 Å². The Morgan fingerprint density at radius 3 is 2.75 bits per heavy atom. The molecule has 0 amide bonds. The van der Waals surface area contributed by atoms with Gasteiger partial charge in [-0.3, -0.25) is 4.79 Å². The largest absolute Gasteiger partial charge is 0.496 e. The molecule has 1 aromatic heterocycles. The van der Waals surface area contributed by atoms with E-state index in [1.165, 1.54) is 18.7 Å². The molecule has 0 atom stereocenters. The van der Waals surface area contributed by atoms with Crippen LogP contribution in [0.5, 0.6) is 5.75 Å². The summed E-state index contributed by atoms with van der Waals surface area (Å²) in [4.78, 5) is 16.0. The molecule has 5 heteroatoms. The van der Waals surface area contributed by atoms with E-state index in [0.29, 0.717) is 22.6 Å². The Kier molecular flexibility index (Phi) is 4.70. The second-order valence-electron chi connectivity index (χ2n) is 5.38. The lowest BCUT2D eigenvalue weighted by molar-refractivity contribution is -0.117. The lowest BCUT2D eigenvalue weighted by Gasteiger charge is -2.08. The van der Waals surface area contributed by atoms with Gasteiger partial charge in [0.1, 0.15) is 17.3 Å². The first-order valence-corrected chi connectivity index (χ1v) is 7.48. The van der Waals surface area contributed by atoms with E-state index in [4.69, 9.17) is 9.15 Å². The molecule has 0 saturated carbocycles. The molecule has 1 heterocycles. The van der Waals surface area contributed by atoms with Gasteiger partial charge in [-0.1, -0.05) is 24.3 Å². The number of para-hydroxylation sites is 1. The first kappa shape index (κ1) is 15.9. The minimum absolute atomic E-state index is 0.00804. The van der Waals surface area contributed by atoms with Crippen LogP contribution >= 0.6 is 0 Å². The van der Waals surface area contributed by atoms with Gasteiger partial charge in [0, 0.05) is 18.4 Å². The van der Waals surface area contributed by atoms with Gasteiger partial charge in [-0.2, -0.15) is 0 Å². The number of Topliss-reactive ketones (excluding diaryl/α,β-unsaturated/α-hetero) is 1. The van der Waals surface area contributed by atoms with E-state index >= 15 is 0 Å². The predicted octanol–water partition coefficient (Wildman–Crippen LogP) is 3.84. The van der Waals surface area contributed by atoms with Crippen molar-refractivity contribution in [1.29, 1.82) is 0 Å². The fourth-order valence-corrected chi connectivity index (χ4v) is 2.57. The van der Waals surface area contributed by atoms with Crippen LogP contribution in [0.15, 0.2) is 59.5 Å². The molecule has 4 nitrogen and oxygen atoms in total. The van der Waals surface area contributed by atoms with E-state index in [2.05, 4.69) is 4.98 Å². The van der Waals surface area contributed by atoms with E-state index in [9.17, 15) is 9.18 Å². The van der Waals surface area contributed by atoms with Crippen molar-refractivity contribution >= 4 is 5.78 Å². The van der Waals surface area contributed by atoms with Crippen molar-refractivity contribution in [2.45, 2.75) is 12.8 Å². The maximum atomic E-state index is 14.2. The Labute approximate surface area is 138 Å². The van der Waals surface area contributed by atoms with Crippen molar-refractivity contribution in [3.8, 4) is 17.1 Å². The Bertz CT molecular complexity index is 844. The SMILES string of the molecule is COc1ccccc1CC(=O)Cc1ccc(-c2cnco2)c(F)c1. The van der Waals surface area contributed by atoms with Crippen molar-refractivity contribution in [1.82, 2.24) is 4.98 Å². The number of methoxy groups -OCH3 is 1. The summed E-state index contributed by atoms with van der Waals surface area (Å²) in [5.74, 6) is 0.595. The molecule has 3 aromatic rings. The fourth-order valence-electron chi connectivity index (χ4n) is 2.57. The van der Waals surface area contributed by atoms with Gasteiger partial charge in [-0.25, -0.2) is 9.37 Å². The van der Waals surface area contributed by atoms with E-state index < -0.39 is 5.82 Å². The molecule has 0 spiro atoms. The van der Waals surface area contributed by atoms with Gasteiger partial charge in [0.15, 0.2) is 12.2 Å². The zero-order chi connectivity index (χ0) is 16.9. The molecule has 0 bridgehead atoms. The number of benzene rings is 2. The van der Waals surface area contributed by atoms with E-state index in [-0.39, 0.29) is 18.6 Å². The zero-order valence-electron chi connectivity index (χ0n) is 13.2. The van der Waals surface area contributed by atoms with Crippen LogP contribution in [0.3, 0.4) is 0 Å². The van der Waals surface area contributed by atoms with Crippen molar-refractivity contribution in [2.24, 2.45) is 0 Å². The lowest BCUT2D eigenvalue weighted by atomic mass is 10.0. The van der Waals surface area contributed by atoms with Crippen molar-refractivity contribution in [3.05, 3.63) is 72.0 Å². The van der Waals surface area contributed by atoms with Crippen LogP contribution in [0.25, 0.3) is 11.3 Å². The minimum atomic E-state index is -0.436. The summed E-state index contributed by atoms with van der Waals surface area (Å²) in [6, 6.07) is 12.1. The van der Waals surface area contributed by atoms with E-state index in [1.807, 2.05) is 24.3 Å². The molecule has 0 aliphatic rings. The molecule has 122 valence electrons. The minimum Gasteiger partial charge on any atom is -0.496 e. The number of aromatic nitrogens is 1. The molecule has 3 rings (SSSR count). The van der Waals surface area contributed by atoms with Gasteiger partial charge >= 0.3 is 0 Å². The molecule has 0 radical (unpaired) electrons. The Morgan fingerprint density at radius 1 is 1.21 bits per heavy atom. The number of halogens is 1. The summed E-state index contributed by atoms with van der Waals surface area (Å²) in [6.07, 6.45) is 3.10. The number of carbonyl (C=O) groups excluding carboxylic acids is 1. The molecule has 0 aliphatic carbocycles. The van der Waals surface area contributed by atoms with E-state index in [0.717, 1.165) is 5.56 Å². The number of ketones is 1. The fraction of sp³-hybridized carbons (Fsp3) is 0.158. The summed E-state index contributed by atoms with van der Waals surface area (Å²) in [5.41, 5.74) is 1.77. The topological polar surface area (TPSA) is 52.3 Å². The number of hydrogen-bond donors (Lipinski definition) is 0. The Balaban J connectivity index is 1.72. The number of hydrogen-bond acceptors (Lipinski definition) is 4. The summed E-state index contributed by atoms with van der Waals surface area (Å²) < 4.78 is 24.5. The molecular weight excluding hydrogens is 309 g/mol. The highest BCUT2D eigenvalue weighted by Crippen LogP contribution is 2.24. The predicted molar refractivity (Wildman–Crippen MR) is 87.3 cm³/mol. The summed E-state index contributed by atoms with van der Waals surface area (Å²) in [6.45, 7) is 0. The number of rotatable bonds is 6. The lowest BCUT2D eigenvalue weighted by Crippen LogP contribution is -2.08. The third kappa shape index (κ3) is 3.51. The number of nitrogens with zero attached hydrogens (tertiary/aromatic N) is 1. The monoisotopic (exact) mass is 325 g/mol. The van der Waals surface area contributed by atoms with Gasteiger partial charge in [0.2, 0.25) is 0 Å². The standard InChI is InChI=1S/C19H16FNO3/c1-23-18-5-3-2-4-14(18)10-15(22)8-13-6-7-16(17(20)9-13)19-11-21-12-24-19/h2-7,9,11-12H,8,10H2,1H3. The van der Waals surface area contributed by atoms with Gasteiger partial charge in [0.05, 0.1) is 18.9 Å². The van der Waals surface area contributed by atoms with Crippen LogP contribution in [-0.4, -0.2) is 17.9 Å². The van der Waals surface area contributed by atoms with Crippen LogP contribution < -0.4 is 4.74 Å². The highest BCUT2D eigenvalue weighted by atomic mass is 19.1.